The van der Waals surface area contributed by atoms with Crippen molar-refractivity contribution in [2.45, 2.75) is 25.3 Å². The number of H-pyrrole nitrogens is 2. The number of nitrogens with zero attached hydrogens (tertiary/aromatic N) is 2. The van der Waals surface area contributed by atoms with E-state index >= 15 is 0 Å². The minimum atomic E-state index is -0.479. The van der Waals surface area contributed by atoms with E-state index in [4.69, 9.17) is 4.74 Å². The van der Waals surface area contributed by atoms with Gasteiger partial charge < -0.3 is 19.6 Å². The van der Waals surface area contributed by atoms with E-state index in [9.17, 15) is 14.4 Å². The number of hydrogen-bond donors (Lipinski definition) is 2. The zero-order chi connectivity index (χ0) is 24.4. The number of hydrogen-bond acceptors (Lipinski definition) is 5. The average molecular weight is 471 g/mol. The molecule has 1 aliphatic heterocycles. The van der Waals surface area contributed by atoms with Crippen molar-refractivity contribution in [3.05, 3.63) is 88.7 Å². The van der Waals surface area contributed by atoms with Crippen LogP contribution in [0.4, 0.5) is 0 Å². The number of carbonyl (C=O) groups is 2. The quantitative estimate of drug-likeness (QED) is 0.419. The number of amides is 1. The summed E-state index contributed by atoms with van der Waals surface area (Å²) in [6, 6.07) is 14.2. The van der Waals surface area contributed by atoms with Gasteiger partial charge in [-0.2, -0.15) is 0 Å². The van der Waals surface area contributed by atoms with E-state index in [2.05, 4.69) is 15.0 Å². The van der Waals surface area contributed by atoms with Gasteiger partial charge in [0.1, 0.15) is 0 Å². The largest absolute Gasteiger partial charge is 0.469 e. The van der Waals surface area contributed by atoms with E-state index in [1.807, 2.05) is 24.3 Å². The summed E-state index contributed by atoms with van der Waals surface area (Å²) >= 11 is 0. The maximum atomic E-state index is 13.5. The predicted octanol–water partition coefficient (Wildman–Crippen LogP) is 3.55. The normalized spacial score (nSPS) is 16.4. The minimum Gasteiger partial charge on any atom is -0.469 e. The number of aromatic amines is 2. The Morgan fingerprint density at radius 3 is 2.66 bits per heavy atom. The molecule has 1 saturated heterocycles. The third-order valence-electron chi connectivity index (χ3n) is 6.70. The van der Waals surface area contributed by atoms with Crippen molar-refractivity contribution in [3.63, 3.8) is 0 Å². The predicted molar refractivity (Wildman–Crippen MR) is 132 cm³/mol. The number of esters is 1. The lowest BCUT2D eigenvalue weighted by atomic mass is 9.92. The van der Waals surface area contributed by atoms with Crippen LogP contribution in [0.15, 0.2) is 71.9 Å². The first-order chi connectivity index (χ1) is 17.0. The second-order valence-corrected chi connectivity index (χ2v) is 8.82. The van der Waals surface area contributed by atoms with Gasteiger partial charge in [-0.15, -0.1) is 0 Å². The zero-order valence-electron chi connectivity index (χ0n) is 19.4. The number of ether oxygens (including phenoxy) is 1. The smallest absolute Gasteiger partial charge is 0.311 e. The highest BCUT2D eigenvalue weighted by Gasteiger charge is 2.39. The molecule has 4 heterocycles. The molecule has 1 aliphatic rings. The molecule has 2 N–H and O–H groups in total. The number of carbonyl (C=O) groups excluding carboxylic acids is 2. The summed E-state index contributed by atoms with van der Waals surface area (Å²) in [6.45, 7) is 0.593. The topological polar surface area (TPSA) is 108 Å². The molecule has 2 atom stereocenters. The Labute approximate surface area is 202 Å². The summed E-state index contributed by atoms with van der Waals surface area (Å²) in [6.07, 6.45) is 7.15. The van der Waals surface area contributed by atoms with E-state index in [0.29, 0.717) is 18.5 Å². The van der Waals surface area contributed by atoms with E-state index in [1.165, 1.54) is 13.2 Å². The third-order valence-corrected chi connectivity index (χ3v) is 6.70. The summed E-state index contributed by atoms with van der Waals surface area (Å²) < 4.78 is 5.15. The van der Waals surface area contributed by atoms with E-state index in [1.54, 1.807) is 41.7 Å². The molecule has 178 valence electrons. The van der Waals surface area contributed by atoms with E-state index in [-0.39, 0.29) is 23.5 Å². The van der Waals surface area contributed by atoms with Crippen molar-refractivity contribution in [3.8, 4) is 11.1 Å². The number of pyridine rings is 2. The maximum absolute atomic E-state index is 13.5. The Morgan fingerprint density at radius 1 is 1.14 bits per heavy atom. The summed E-state index contributed by atoms with van der Waals surface area (Å²) in [5, 5.41) is 1.03. The summed E-state index contributed by atoms with van der Waals surface area (Å²) in [4.78, 5) is 49.6. The molecule has 1 fully saturated rings. The lowest BCUT2D eigenvalue weighted by Crippen LogP contribution is -2.44. The molecule has 35 heavy (non-hydrogen) atoms. The first-order valence-corrected chi connectivity index (χ1v) is 11.6. The Kier molecular flexibility index (Phi) is 6.18. The first kappa shape index (κ1) is 22.6. The molecular formula is C27H26N4O4. The fourth-order valence-electron chi connectivity index (χ4n) is 4.93. The van der Waals surface area contributed by atoms with Crippen LogP contribution in [0.2, 0.25) is 0 Å². The molecule has 8 heteroatoms. The second kappa shape index (κ2) is 9.58. The van der Waals surface area contributed by atoms with Crippen LogP contribution in [0.3, 0.4) is 0 Å². The fraction of sp³-hybridized carbons (Fsp3) is 0.259. The number of methoxy groups -OCH3 is 1. The van der Waals surface area contributed by atoms with Crippen LogP contribution < -0.4 is 5.56 Å². The molecule has 8 nitrogen and oxygen atoms in total. The molecule has 0 aliphatic carbocycles. The molecule has 2 unspecified atom stereocenters. The highest BCUT2D eigenvalue weighted by molar-refractivity contribution is 5.95. The number of rotatable bonds is 6. The van der Waals surface area contributed by atoms with Gasteiger partial charge in [0.2, 0.25) is 5.56 Å². The Bertz CT molecular complexity index is 1370. The first-order valence-electron chi connectivity index (χ1n) is 11.6. The second-order valence-electron chi connectivity index (χ2n) is 8.82. The van der Waals surface area contributed by atoms with Crippen molar-refractivity contribution in [1.29, 1.82) is 0 Å². The standard InChI is InChI=1S/C27H26N4O4/c1-35-27(34)22(14-21-13-19-10-11-28-16-23(19)30-21)24-3-2-12-31(24)26(33)18-6-4-17(5-7-18)20-8-9-25(32)29-15-20/h4-11,13,15-16,22,24,30H,2-3,12,14H2,1H3,(H,29,32). The summed E-state index contributed by atoms with van der Waals surface area (Å²) in [7, 11) is 1.39. The van der Waals surface area contributed by atoms with Gasteiger partial charge in [-0.05, 0) is 54.3 Å². The molecule has 0 spiro atoms. The SMILES string of the molecule is COC(=O)C(Cc1cc2ccncc2[nH]1)C1CCCN1C(=O)c1ccc(-c2ccc(=O)[nH]c2)cc1. The third kappa shape index (κ3) is 4.59. The van der Waals surface area contributed by atoms with Crippen molar-refractivity contribution >= 4 is 22.8 Å². The van der Waals surface area contributed by atoms with Gasteiger partial charge in [0, 0.05) is 54.1 Å². The Hall–Kier alpha value is -4.20. The van der Waals surface area contributed by atoms with Gasteiger partial charge >= 0.3 is 5.97 Å². The number of fused-ring (bicyclic) bond motifs is 1. The van der Waals surface area contributed by atoms with Crippen molar-refractivity contribution in [2.75, 3.05) is 13.7 Å². The van der Waals surface area contributed by atoms with Gasteiger partial charge in [-0.25, -0.2) is 0 Å². The van der Waals surface area contributed by atoms with Crippen molar-refractivity contribution < 1.29 is 14.3 Å². The number of aromatic nitrogens is 3. The average Bonchev–Trinajstić information content (AvgIpc) is 3.54. The zero-order valence-corrected chi connectivity index (χ0v) is 19.4. The van der Waals surface area contributed by atoms with E-state index in [0.717, 1.165) is 40.6 Å². The van der Waals surface area contributed by atoms with Crippen LogP contribution in [-0.2, 0) is 16.0 Å². The molecule has 1 aromatic carbocycles. The molecule has 3 aromatic heterocycles. The molecular weight excluding hydrogens is 444 g/mol. The molecule has 0 saturated carbocycles. The van der Waals surface area contributed by atoms with Crippen LogP contribution >= 0.6 is 0 Å². The van der Waals surface area contributed by atoms with Crippen LogP contribution in [0.1, 0.15) is 28.9 Å². The monoisotopic (exact) mass is 470 g/mol. The van der Waals surface area contributed by atoms with Gasteiger partial charge in [0.05, 0.1) is 24.7 Å². The molecule has 0 radical (unpaired) electrons. The van der Waals surface area contributed by atoms with Crippen LogP contribution in [0, 0.1) is 5.92 Å². The van der Waals surface area contributed by atoms with Crippen molar-refractivity contribution in [1.82, 2.24) is 19.9 Å². The van der Waals surface area contributed by atoms with Crippen LogP contribution in [0.25, 0.3) is 22.0 Å². The van der Waals surface area contributed by atoms with Crippen LogP contribution in [0.5, 0.6) is 0 Å². The van der Waals surface area contributed by atoms with Crippen molar-refractivity contribution in [2.24, 2.45) is 5.92 Å². The highest BCUT2D eigenvalue weighted by Crippen LogP contribution is 2.30. The summed E-state index contributed by atoms with van der Waals surface area (Å²) in [5.74, 6) is -0.900. The molecule has 4 aromatic rings. The highest BCUT2D eigenvalue weighted by atomic mass is 16.5. The molecule has 0 bridgehead atoms. The number of benzene rings is 1. The minimum absolute atomic E-state index is 0.102. The van der Waals surface area contributed by atoms with Crippen LogP contribution in [-0.4, -0.2) is 51.4 Å². The van der Waals surface area contributed by atoms with Gasteiger partial charge in [0.15, 0.2) is 0 Å². The summed E-state index contributed by atoms with van der Waals surface area (Å²) in [5.41, 5.74) is 3.98. The lowest BCUT2D eigenvalue weighted by Gasteiger charge is -2.30. The van der Waals surface area contributed by atoms with Gasteiger partial charge in [-0.1, -0.05) is 12.1 Å². The Morgan fingerprint density at radius 2 is 1.94 bits per heavy atom. The lowest BCUT2D eigenvalue weighted by molar-refractivity contribution is -0.147. The molecule has 1 amide bonds. The number of likely N-dealkylation sites (tertiary alicyclic amines) is 1. The van der Waals surface area contributed by atoms with E-state index < -0.39 is 5.92 Å². The molecule has 5 rings (SSSR count). The maximum Gasteiger partial charge on any atom is 0.311 e. The van der Waals surface area contributed by atoms with Gasteiger partial charge in [-0.3, -0.25) is 19.4 Å². The fourth-order valence-corrected chi connectivity index (χ4v) is 4.93. The number of nitrogens with one attached hydrogen (secondary N) is 2. The van der Waals surface area contributed by atoms with Gasteiger partial charge in [0.25, 0.3) is 5.91 Å². The Balaban J connectivity index is 1.37.